The minimum Gasteiger partial charge on any atom is -0.493 e. The van der Waals surface area contributed by atoms with E-state index in [-0.39, 0.29) is 5.56 Å². The molecule has 0 spiro atoms. The highest BCUT2D eigenvalue weighted by Crippen LogP contribution is 2.26. The van der Waals surface area contributed by atoms with Gasteiger partial charge >= 0.3 is 0 Å². The fourth-order valence-electron chi connectivity index (χ4n) is 1.66. The lowest BCUT2D eigenvalue weighted by molar-refractivity contribution is 0.272. The van der Waals surface area contributed by atoms with Crippen molar-refractivity contribution in [2.45, 2.75) is 13.8 Å². The van der Waals surface area contributed by atoms with Crippen LogP contribution in [0.3, 0.4) is 0 Å². The van der Waals surface area contributed by atoms with Crippen LogP contribution in [0.15, 0.2) is 35.3 Å². The lowest BCUT2D eigenvalue weighted by atomic mass is 10.1. The van der Waals surface area contributed by atoms with Crippen LogP contribution < -0.4 is 10.3 Å². The number of ether oxygens (including phenoxy) is 1. The molecule has 0 radical (unpaired) electrons. The maximum absolute atomic E-state index is 11.7. The number of hydrogen-bond acceptors (Lipinski definition) is 4. The number of nitrogens with zero attached hydrogens (tertiary/aromatic N) is 2. The minimum atomic E-state index is -0.448. The van der Waals surface area contributed by atoms with Gasteiger partial charge in [-0.1, -0.05) is 26.0 Å². The molecule has 1 aromatic heterocycles. The van der Waals surface area contributed by atoms with Crippen molar-refractivity contribution in [3.63, 3.8) is 0 Å². The molecular weight excluding hydrogens is 254 g/mol. The molecule has 0 bridgehead atoms. The van der Waals surface area contributed by atoms with Crippen LogP contribution in [-0.2, 0) is 0 Å². The van der Waals surface area contributed by atoms with Gasteiger partial charge in [-0.25, -0.2) is 4.98 Å². The molecule has 2 aromatic rings. The van der Waals surface area contributed by atoms with Crippen molar-refractivity contribution < 1.29 is 4.74 Å². The summed E-state index contributed by atoms with van der Waals surface area (Å²) in [6.07, 6.45) is 1.27. The van der Waals surface area contributed by atoms with Gasteiger partial charge in [0.25, 0.3) is 5.56 Å². The molecule has 0 fully saturated rings. The van der Waals surface area contributed by atoms with Crippen LogP contribution in [0.5, 0.6) is 5.75 Å². The smallest absolute Gasteiger partial charge is 0.269 e. The number of para-hydroxylation sites is 1. The molecular formula is C15H15N3O2. The van der Waals surface area contributed by atoms with Crippen LogP contribution in [0.25, 0.3) is 11.4 Å². The molecule has 0 amide bonds. The number of aromatic amines is 1. The first-order valence-electron chi connectivity index (χ1n) is 6.33. The van der Waals surface area contributed by atoms with Crippen molar-refractivity contribution in [2.24, 2.45) is 5.92 Å². The SMILES string of the molecule is CC(C)COc1ccccc1-c1ncc(C#N)c(=O)[nH]1. The molecule has 0 atom stereocenters. The average Bonchev–Trinajstić information content (AvgIpc) is 2.45. The summed E-state index contributed by atoms with van der Waals surface area (Å²) < 4.78 is 5.72. The first-order valence-corrected chi connectivity index (χ1v) is 6.33. The Labute approximate surface area is 116 Å². The highest BCUT2D eigenvalue weighted by Gasteiger charge is 2.10. The Balaban J connectivity index is 2.40. The second-order valence-corrected chi connectivity index (χ2v) is 4.79. The predicted molar refractivity (Wildman–Crippen MR) is 75.3 cm³/mol. The monoisotopic (exact) mass is 269 g/mol. The summed E-state index contributed by atoms with van der Waals surface area (Å²) in [6, 6.07) is 9.14. The quantitative estimate of drug-likeness (QED) is 0.924. The van der Waals surface area contributed by atoms with Crippen molar-refractivity contribution in [2.75, 3.05) is 6.61 Å². The first kappa shape index (κ1) is 13.8. The number of hydrogen-bond donors (Lipinski definition) is 1. The Bertz CT molecular complexity index is 699. The molecule has 20 heavy (non-hydrogen) atoms. The van der Waals surface area contributed by atoms with Gasteiger partial charge in [0, 0.05) is 0 Å². The molecule has 0 aliphatic carbocycles. The standard InChI is InChI=1S/C15H15N3O2/c1-10(2)9-20-13-6-4-3-5-12(13)14-17-8-11(7-16)15(19)18-14/h3-6,8,10H,9H2,1-2H3,(H,17,18,19). The van der Waals surface area contributed by atoms with Crippen LogP contribution in [0, 0.1) is 17.2 Å². The summed E-state index contributed by atoms with van der Waals surface area (Å²) in [6.45, 7) is 4.70. The highest BCUT2D eigenvalue weighted by atomic mass is 16.5. The molecule has 0 aliphatic heterocycles. The Kier molecular flexibility index (Phi) is 4.16. The predicted octanol–water partition coefficient (Wildman–Crippen LogP) is 2.34. The van der Waals surface area contributed by atoms with Gasteiger partial charge in [-0.15, -0.1) is 0 Å². The van der Waals surface area contributed by atoms with E-state index >= 15 is 0 Å². The van der Waals surface area contributed by atoms with E-state index in [1.165, 1.54) is 6.20 Å². The number of H-pyrrole nitrogens is 1. The second-order valence-electron chi connectivity index (χ2n) is 4.79. The summed E-state index contributed by atoms with van der Waals surface area (Å²) in [5, 5.41) is 8.75. The molecule has 1 aromatic carbocycles. The lowest BCUT2D eigenvalue weighted by Gasteiger charge is -2.12. The molecule has 0 unspecified atom stereocenters. The number of benzene rings is 1. The van der Waals surface area contributed by atoms with Gasteiger partial charge in [0.15, 0.2) is 0 Å². The van der Waals surface area contributed by atoms with Gasteiger partial charge in [0.2, 0.25) is 0 Å². The summed E-state index contributed by atoms with van der Waals surface area (Å²) >= 11 is 0. The summed E-state index contributed by atoms with van der Waals surface area (Å²) in [5.41, 5.74) is 0.250. The molecule has 1 N–H and O–H groups in total. The minimum absolute atomic E-state index is 0.00525. The largest absolute Gasteiger partial charge is 0.493 e. The van der Waals surface area contributed by atoms with Gasteiger partial charge in [-0.2, -0.15) is 5.26 Å². The molecule has 5 heteroatoms. The Morgan fingerprint density at radius 1 is 1.40 bits per heavy atom. The van der Waals surface area contributed by atoms with Crippen LogP contribution >= 0.6 is 0 Å². The zero-order valence-corrected chi connectivity index (χ0v) is 11.4. The molecule has 0 saturated carbocycles. The van der Waals surface area contributed by atoms with Gasteiger partial charge in [0.1, 0.15) is 23.2 Å². The van der Waals surface area contributed by atoms with Crippen molar-refractivity contribution >= 4 is 0 Å². The maximum atomic E-state index is 11.7. The summed E-state index contributed by atoms with van der Waals surface area (Å²) in [5.74, 6) is 1.46. The van der Waals surface area contributed by atoms with E-state index < -0.39 is 5.56 Å². The van der Waals surface area contributed by atoms with E-state index in [0.29, 0.717) is 29.7 Å². The zero-order chi connectivity index (χ0) is 14.5. The first-order chi connectivity index (χ1) is 9.61. The number of nitriles is 1. The van der Waals surface area contributed by atoms with Gasteiger partial charge < -0.3 is 9.72 Å². The number of nitrogens with one attached hydrogen (secondary N) is 1. The summed E-state index contributed by atoms with van der Waals surface area (Å²) in [7, 11) is 0. The molecule has 0 aliphatic rings. The normalized spacial score (nSPS) is 10.3. The van der Waals surface area contributed by atoms with Crippen molar-refractivity contribution in [1.82, 2.24) is 9.97 Å². The zero-order valence-electron chi connectivity index (χ0n) is 11.4. The third-order valence-corrected chi connectivity index (χ3v) is 2.63. The van der Waals surface area contributed by atoms with E-state index in [1.807, 2.05) is 24.3 Å². The van der Waals surface area contributed by atoms with Crippen LogP contribution in [0.1, 0.15) is 19.4 Å². The van der Waals surface area contributed by atoms with E-state index in [9.17, 15) is 4.79 Å². The Hall–Kier alpha value is -2.61. The molecule has 5 nitrogen and oxygen atoms in total. The molecule has 2 rings (SSSR count). The topological polar surface area (TPSA) is 78.8 Å². The number of rotatable bonds is 4. The van der Waals surface area contributed by atoms with Crippen molar-refractivity contribution in [1.29, 1.82) is 5.26 Å². The molecule has 1 heterocycles. The third-order valence-electron chi connectivity index (χ3n) is 2.63. The fourth-order valence-corrected chi connectivity index (χ4v) is 1.66. The van der Waals surface area contributed by atoms with Gasteiger partial charge in [-0.3, -0.25) is 4.79 Å². The van der Waals surface area contributed by atoms with Crippen molar-refractivity contribution in [3.05, 3.63) is 46.4 Å². The van der Waals surface area contributed by atoms with E-state index in [2.05, 4.69) is 23.8 Å². The van der Waals surface area contributed by atoms with Crippen LogP contribution in [-0.4, -0.2) is 16.6 Å². The van der Waals surface area contributed by atoms with E-state index in [4.69, 9.17) is 10.00 Å². The lowest BCUT2D eigenvalue weighted by Crippen LogP contribution is -2.13. The molecule has 0 saturated heterocycles. The summed E-state index contributed by atoms with van der Waals surface area (Å²) in [4.78, 5) is 18.4. The maximum Gasteiger partial charge on any atom is 0.269 e. The average molecular weight is 269 g/mol. The van der Waals surface area contributed by atoms with Crippen molar-refractivity contribution in [3.8, 4) is 23.2 Å². The number of aromatic nitrogens is 2. The molecule has 102 valence electrons. The fraction of sp³-hybridized carbons (Fsp3) is 0.267. The van der Waals surface area contributed by atoms with Crippen LogP contribution in [0.2, 0.25) is 0 Å². The Morgan fingerprint density at radius 3 is 2.80 bits per heavy atom. The third kappa shape index (κ3) is 3.04. The Morgan fingerprint density at radius 2 is 2.15 bits per heavy atom. The highest BCUT2D eigenvalue weighted by molar-refractivity contribution is 5.63. The second kappa shape index (κ2) is 6.02. The van der Waals surface area contributed by atoms with Gasteiger partial charge in [-0.05, 0) is 18.1 Å². The van der Waals surface area contributed by atoms with Gasteiger partial charge in [0.05, 0.1) is 18.4 Å². The van der Waals surface area contributed by atoms with E-state index in [1.54, 1.807) is 6.07 Å². The van der Waals surface area contributed by atoms with Crippen LogP contribution in [0.4, 0.5) is 0 Å². The van der Waals surface area contributed by atoms with E-state index in [0.717, 1.165) is 0 Å².